The minimum Gasteiger partial charge on any atom is -0.497 e. The largest absolute Gasteiger partial charge is 0.497 e. The molecule has 2 aliphatic rings. The van der Waals surface area contributed by atoms with Gasteiger partial charge in [-0.3, -0.25) is 9.59 Å². The van der Waals surface area contributed by atoms with Gasteiger partial charge in [0.05, 0.1) is 12.6 Å². The molecule has 2 fully saturated rings. The second-order valence-corrected chi connectivity index (χ2v) is 6.58. The highest BCUT2D eigenvalue weighted by Gasteiger charge is 2.40. The highest BCUT2D eigenvalue weighted by molar-refractivity contribution is 5.94. The summed E-state index contributed by atoms with van der Waals surface area (Å²) in [4.78, 5) is 28.9. The first-order valence-electron chi connectivity index (χ1n) is 8.63. The Balaban J connectivity index is 0.00000243. The van der Waals surface area contributed by atoms with Crippen molar-refractivity contribution in [3.63, 3.8) is 0 Å². The van der Waals surface area contributed by atoms with E-state index in [1.165, 1.54) is 0 Å². The molecule has 0 spiro atoms. The van der Waals surface area contributed by atoms with Crippen molar-refractivity contribution in [1.82, 2.24) is 9.80 Å². The number of carbonyl (C=O) groups is 2. The molecular formula is C18H26ClN3O4. The van der Waals surface area contributed by atoms with Gasteiger partial charge in [-0.1, -0.05) is 0 Å². The lowest BCUT2D eigenvalue weighted by atomic mass is 9.89. The van der Waals surface area contributed by atoms with Crippen LogP contribution >= 0.6 is 12.4 Å². The zero-order valence-electron chi connectivity index (χ0n) is 15.0. The fourth-order valence-corrected chi connectivity index (χ4v) is 3.29. The summed E-state index contributed by atoms with van der Waals surface area (Å²) < 4.78 is 10.4. The Labute approximate surface area is 159 Å². The van der Waals surface area contributed by atoms with E-state index in [9.17, 15) is 9.59 Å². The molecule has 3 rings (SSSR count). The van der Waals surface area contributed by atoms with E-state index in [4.69, 9.17) is 15.2 Å². The topological polar surface area (TPSA) is 85.1 Å². The van der Waals surface area contributed by atoms with E-state index in [1.807, 2.05) is 0 Å². The zero-order chi connectivity index (χ0) is 17.9. The smallest absolute Gasteiger partial charge is 0.253 e. The van der Waals surface area contributed by atoms with Crippen LogP contribution in [0.3, 0.4) is 0 Å². The van der Waals surface area contributed by atoms with Gasteiger partial charge < -0.3 is 25.0 Å². The number of amides is 2. The van der Waals surface area contributed by atoms with Crippen molar-refractivity contribution >= 4 is 24.2 Å². The number of nitrogens with two attached hydrogens (primary N) is 1. The number of benzene rings is 1. The third-order valence-corrected chi connectivity index (χ3v) is 5.00. The molecule has 0 unspecified atom stereocenters. The molecule has 2 saturated heterocycles. The number of methoxy groups -OCH3 is 1. The number of rotatable bonds is 3. The van der Waals surface area contributed by atoms with E-state index >= 15 is 0 Å². The van der Waals surface area contributed by atoms with E-state index in [2.05, 4.69) is 0 Å². The van der Waals surface area contributed by atoms with Crippen LogP contribution in [0.1, 0.15) is 23.2 Å². The van der Waals surface area contributed by atoms with Crippen molar-refractivity contribution in [1.29, 1.82) is 0 Å². The normalized spacial score (nSPS) is 19.5. The average molecular weight is 384 g/mol. The quantitative estimate of drug-likeness (QED) is 0.838. The monoisotopic (exact) mass is 383 g/mol. The zero-order valence-corrected chi connectivity index (χ0v) is 15.8. The summed E-state index contributed by atoms with van der Waals surface area (Å²) in [5.74, 6) is 0.673. The number of carbonyl (C=O) groups excluding carboxylic acids is 2. The van der Waals surface area contributed by atoms with E-state index in [0.29, 0.717) is 57.8 Å². The predicted molar refractivity (Wildman–Crippen MR) is 99.7 cm³/mol. The molecule has 8 heteroatoms. The van der Waals surface area contributed by atoms with Crippen LogP contribution < -0.4 is 10.5 Å². The molecule has 2 heterocycles. The summed E-state index contributed by atoms with van der Waals surface area (Å²) >= 11 is 0. The lowest BCUT2D eigenvalue weighted by molar-refractivity contribution is -0.142. The van der Waals surface area contributed by atoms with Crippen molar-refractivity contribution in [3.8, 4) is 5.75 Å². The Bertz CT molecular complexity index is 624. The molecule has 0 aromatic heterocycles. The number of ether oxygens (including phenoxy) is 2. The summed E-state index contributed by atoms with van der Waals surface area (Å²) in [5.41, 5.74) is 6.09. The maximum atomic E-state index is 12.7. The number of piperazine rings is 1. The van der Waals surface area contributed by atoms with Crippen LogP contribution in [-0.2, 0) is 9.53 Å². The molecule has 0 bridgehead atoms. The fourth-order valence-electron chi connectivity index (χ4n) is 3.29. The Kier molecular flexibility index (Phi) is 6.86. The molecule has 2 amide bonds. The first-order chi connectivity index (χ1) is 12.0. The second kappa shape index (κ2) is 8.70. The van der Waals surface area contributed by atoms with Crippen LogP contribution in [0, 0.1) is 0 Å². The van der Waals surface area contributed by atoms with Crippen LogP contribution in [0.15, 0.2) is 24.3 Å². The van der Waals surface area contributed by atoms with Crippen LogP contribution in [-0.4, -0.2) is 73.7 Å². The van der Waals surface area contributed by atoms with Gasteiger partial charge in [-0.25, -0.2) is 0 Å². The standard InChI is InChI=1S/C18H25N3O4.ClH/c1-24-15-4-2-14(3-5-15)16(22)20-8-10-21(11-9-20)17(23)18(19)6-12-25-13-7-18;/h2-5H,6-13,19H2,1H3;1H. The molecular weight excluding hydrogens is 358 g/mol. The van der Waals surface area contributed by atoms with Gasteiger partial charge in [-0.05, 0) is 37.1 Å². The second-order valence-electron chi connectivity index (χ2n) is 6.58. The molecule has 0 saturated carbocycles. The highest BCUT2D eigenvalue weighted by atomic mass is 35.5. The van der Waals surface area contributed by atoms with Crippen LogP contribution in [0.25, 0.3) is 0 Å². The first kappa shape index (κ1) is 20.5. The van der Waals surface area contributed by atoms with Gasteiger partial charge >= 0.3 is 0 Å². The summed E-state index contributed by atoms with van der Waals surface area (Å²) in [7, 11) is 1.59. The van der Waals surface area contributed by atoms with Gasteiger partial charge in [0.25, 0.3) is 5.91 Å². The van der Waals surface area contributed by atoms with Crippen molar-refractivity contribution < 1.29 is 19.1 Å². The van der Waals surface area contributed by atoms with Crippen LogP contribution in [0.4, 0.5) is 0 Å². The van der Waals surface area contributed by atoms with Crippen molar-refractivity contribution in [3.05, 3.63) is 29.8 Å². The van der Waals surface area contributed by atoms with Crippen molar-refractivity contribution in [2.24, 2.45) is 5.73 Å². The van der Waals surface area contributed by atoms with Crippen LogP contribution in [0.5, 0.6) is 5.75 Å². The molecule has 1 aromatic rings. The fraction of sp³-hybridized carbons (Fsp3) is 0.556. The maximum Gasteiger partial charge on any atom is 0.253 e. The molecule has 26 heavy (non-hydrogen) atoms. The summed E-state index contributed by atoms with van der Waals surface area (Å²) in [6.45, 7) is 3.11. The van der Waals surface area contributed by atoms with Gasteiger partial charge in [-0.2, -0.15) is 0 Å². The summed E-state index contributed by atoms with van der Waals surface area (Å²) in [6, 6.07) is 7.07. The summed E-state index contributed by atoms with van der Waals surface area (Å²) in [5, 5.41) is 0. The number of hydrogen-bond donors (Lipinski definition) is 1. The van der Waals surface area contributed by atoms with Gasteiger partial charge in [0.2, 0.25) is 5.91 Å². The molecule has 0 radical (unpaired) electrons. The number of hydrogen-bond acceptors (Lipinski definition) is 5. The summed E-state index contributed by atoms with van der Waals surface area (Å²) in [6.07, 6.45) is 1.10. The van der Waals surface area contributed by atoms with E-state index in [1.54, 1.807) is 41.2 Å². The van der Waals surface area contributed by atoms with Crippen LogP contribution in [0.2, 0.25) is 0 Å². The average Bonchev–Trinajstić information content (AvgIpc) is 2.67. The Morgan fingerprint density at radius 2 is 1.58 bits per heavy atom. The minimum absolute atomic E-state index is 0. The van der Waals surface area contributed by atoms with Gasteiger partial charge in [0, 0.05) is 45.0 Å². The van der Waals surface area contributed by atoms with E-state index < -0.39 is 5.54 Å². The van der Waals surface area contributed by atoms with Gasteiger partial charge in [-0.15, -0.1) is 12.4 Å². The number of halogens is 1. The van der Waals surface area contributed by atoms with E-state index in [0.717, 1.165) is 5.75 Å². The molecule has 144 valence electrons. The van der Waals surface area contributed by atoms with Crippen molar-refractivity contribution in [2.45, 2.75) is 18.4 Å². The minimum atomic E-state index is -0.819. The molecule has 7 nitrogen and oxygen atoms in total. The lowest BCUT2D eigenvalue weighted by Gasteiger charge is -2.40. The molecule has 1 aromatic carbocycles. The van der Waals surface area contributed by atoms with E-state index in [-0.39, 0.29) is 24.2 Å². The highest BCUT2D eigenvalue weighted by Crippen LogP contribution is 2.22. The predicted octanol–water partition coefficient (Wildman–Crippen LogP) is 0.909. The number of nitrogens with zero attached hydrogens (tertiary/aromatic N) is 2. The van der Waals surface area contributed by atoms with Gasteiger partial charge in [0.15, 0.2) is 0 Å². The first-order valence-corrected chi connectivity index (χ1v) is 8.63. The third kappa shape index (κ3) is 4.28. The molecule has 2 N–H and O–H groups in total. The van der Waals surface area contributed by atoms with Gasteiger partial charge in [0.1, 0.15) is 5.75 Å². The Morgan fingerprint density at radius 1 is 1.04 bits per heavy atom. The molecule has 0 atom stereocenters. The molecule has 0 aliphatic carbocycles. The third-order valence-electron chi connectivity index (χ3n) is 5.00. The molecule has 2 aliphatic heterocycles. The Morgan fingerprint density at radius 3 is 2.12 bits per heavy atom. The lowest BCUT2D eigenvalue weighted by Crippen LogP contribution is -2.61. The SMILES string of the molecule is COc1ccc(C(=O)N2CCN(C(=O)C3(N)CCOCC3)CC2)cc1.Cl. The maximum absolute atomic E-state index is 12.7. The Hall–Kier alpha value is -1.83. The van der Waals surface area contributed by atoms with Crippen molar-refractivity contribution in [2.75, 3.05) is 46.5 Å².